The first-order valence-electron chi connectivity index (χ1n) is 7.11. The lowest BCUT2D eigenvalue weighted by molar-refractivity contribution is -0.129. The van der Waals surface area contributed by atoms with Crippen molar-refractivity contribution in [2.24, 2.45) is 0 Å². The van der Waals surface area contributed by atoms with Gasteiger partial charge in [0.25, 0.3) is 0 Å². The van der Waals surface area contributed by atoms with Gasteiger partial charge in [0.15, 0.2) is 0 Å². The smallest absolute Gasteiger partial charge is 0.219 e. The first-order valence-corrected chi connectivity index (χ1v) is 7.11. The Hall–Kier alpha value is -1.51. The summed E-state index contributed by atoms with van der Waals surface area (Å²) in [6.07, 6.45) is 0. The summed E-state index contributed by atoms with van der Waals surface area (Å²) in [5.41, 5.74) is 2.65. The van der Waals surface area contributed by atoms with E-state index in [-0.39, 0.29) is 5.91 Å². The summed E-state index contributed by atoms with van der Waals surface area (Å²) >= 11 is 0. The molecule has 1 amide bonds. The second-order valence-electron chi connectivity index (χ2n) is 5.76. The second-order valence-corrected chi connectivity index (χ2v) is 5.76. The summed E-state index contributed by atoms with van der Waals surface area (Å²) in [6, 6.07) is 9.15. The van der Waals surface area contributed by atoms with Crippen molar-refractivity contribution in [3.8, 4) is 0 Å². The van der Waals surface area contributed by atoms with Crippen LogP contribution < -0.4 is 4.90 Å². The van der Waals surface area contributed by atoms with Crippen LogP contribution in [-0.2, 0) is 4.79 Å². The Kier molecular flexibility index (Phi) is 4.13. The zero-order valence-corrected chi connectivity index (χ0v) is 12.4. The maximum Gasteiger partial charge on any atom is 0.219 e. The van der Waals surface area contributed by atoms with Crippen LogP contribution in [0.1, 0.15) is 39.2 Å². The summed E-state index contributed by atoms with van der Waals surface area (Å²) in [6.45, 7) is 10.8. The maximum atomic E-state index is 11.4. The predicted molar refractivity (Wildman–Crippen MR) is 79.6 cm³/mol. The van der Waals surface area contributed by atoms with Gasteiger partial charge in [-0.25, -0.2) is 0 Å². The molecule has 0 aliphatic carbocycles. The Morgan fingerprint density at radius 1 is 1.32 bits per heavy atom. The van der Waals surface area contributed by atoms with Gasteiger partial charge in [-0.05, 0) is 30.5 Å². The molecule has 1 aliphatic heterocycles. The molecule has 0 bridgehead atoms. The molecule has 1 unspecified atom stereocenters. The molecule has 0 aromatic heterocycles. The minimum atomic E-state index is 0.183. The first-order chi connectivity index (χ1) is 8.99. The zero-order valence-electron chi connectivity index (χ0n) is 12.4. The number of carbonyl (C=O) groups excluding carboxylic acids is 1. The molecule has 1 saturated heterocycles. The van der Waals surface area contributed by atoms with Gasteiger partial charge in [-0.15, -0.1) is 0 Å². The Balaban J connectivity index is 2.14. The molecular weight excluding hydrogens is 236 g/mol. The topological polar surface area (TPSA) is 23.6 Å². The number of hydrogen-bond donors (Lipinski definition) is 0. The molecule has 19 heavy (non-hydrogen) atoms. The van der Waals surface area contributed by atoms with Gasteiger partial charge in [0.2, 0.25) is 5.91 Å². The minimum absolute atomic E-state index is 0.183. The Morgan fingerprint density at radius 3 is 2.63 bits per heavy atom. The fourth-order valence-electron chi connectivity index (χ4n) is 2.69. The van der Waals surface area contributed by atoms with Crippen LogP contribution in [0.25, 0.3) is 0 Å². The van der Waals surface area contributed by atoms with Crippen molar-refractivity contribution in [3.05, 3.63) is 29.8 Å². The molecule has 1 aliphatic rings. The fourth-order valence-corrected chi connectivity index (χ4v) is 2.69. The standard InChI is InChI=1S/C16H24N2O/c1-12(2)15-6-5-7-16(10-15)18-9-8-17(14(4)19)11-13(18)3/h5-7,10,12-13H,8-9,11H2,1-4H3. The molecule has 1 aromatic rings. The van der Waals surface area contributed by atoms with Crippen molar-refractivity contribution >= 4 is 11.6 Å². The monoisotopic (exact) mass is 260 g/mol. The van der Waals surface area contributed by atoms with Crippen LogP contribution in [0.4, 0.5) is 5.69 Å². The third kappa shape index (κ3) is 3.09. The van der Waals surface area contributed by atoms with E-state index in [1.165, 1.54) is 11.3 Å². The average Bonchev–Trinajstić information content (AvgIpc) is 2.38. The van der Waals surface area contributed by atoms with Crippen molar-refractivity contribution < 1.29 is 4.79 Å². The second kappa shape index (κ2) is 5.64. The molecule has 1 fully saturated rings. The van der Waals surface area contributed by atoms with Crippen LogP contribution in [0.5, 0.6) is 0 Å². The van der Waals surface area contributed by atoms with Crippen molar-refractivity contribution in [1.82, 2.24) is 4.90 Å². The highest BCUT2D eigenvalue weighted by Gasteiger charge is 2.25. The summed E-state index contributed by atoms with van der Waals surface area (Å²) in [5.74, 6) is 0.733. The van der Waals surface area contributed by atoms with E-state index in [1.807, 2.05) is 4.90 Å². The molecule has 0 radical (unpaired) electrons. The van der Waals surface area contributed by atoms with Crippen molar-refractivity contribution in [2.75, 3.05) is 24.5 Å². The molecule has 104 valence electrons. The van der Waals surface area contributed by atoms with Crippen LogP contribution >= 0.6 is 0 Å². The molecule has 3 nitrogen and oxygen atoms in total. The molecular formula is C16H24N2O. The van der Waals surface area contributed by atoms with Crippen LogP contribution in [0, 0.1) is 0 Å². The third-order valence-corrected chi connectivity index (χ3v) is 3.94. The Bertz CT molecular complexity index is 456. The van der Waals surface area contributed by atoms with Gasteiger partial charge >= 0.3 is 0 Å². The van der Waals surface area contributed by atoms with Gasteiger partial charge < -0.3 is 9.80 Å². The van der Waals surface area contributed by atoms with Crippen LogP contribution in [0.2, 0.25) is 0 Å². The summed E-state index contributed by atoms with van der Waals surface area (Å²) in [7, 11) is 0. The molecule has 0 saturated carbocycles. The predicted octanol–water partition coefficient (Wildman–Crippen LogP) is 2.87. The largest absolute Gasteiger partial charge is 0.365 e. The van der Waals surface area contributed by atoms with Gasteiger partial charge in [-0.2, -0.15) is 0 Å². The lowest BCUT2D eigenvalue weighted by atomic mass is 10.0. The van der Waals surface area contributed by atoms with Crippen molar-refractivity contribution in [1.29, 1.82) is 0 Å². The number of benzene rings is 1. The van der Waals surface area contributed by atoms with E-state index in [2.05, 4.69) is 49.9 Å². The normalized spacial score (nSPS) is 19.9. The lowest BCUT2D eigenvalue weighted by Gasteiger charge is -2.41. The molecule has 0 N–H and O–H groups in total. The molecule has 1 aromatic carbocycles. The van der Waals surface area contributed by atoms with E-state index >= 15 is 0 Å². The van der Waals surface area contributed by atoms with Gasteiger partial charge in [0.05, 0.1) is 0 Å². The molecule has 2 rings (SSSR count). The molecule has 1 heterocycles. The van der Waals surface area contributed by atoms with Crippen molar-refractivity contribution in [3.63, 3.8) is 0 Å². The highest BCUT2D eigenvalue weighted by Crippen LogP contribution is 2.24. The highest BCUT2D eigenvalue weighted by atomic mass is 16.2. The van der Waals surface area contributed by atoms with Gasteiger partial charge in [0, 0.05) is 38.3 Å². The number of anilines is 1. The Morgan fingerprint density at radius 2 is 2.05 bits per heavy atom. The van der Waals surface area contributed by atoms with Crippen LogP contribution in [0.3, 0.4) is 0 Å². The van der Waals surface area contributed by atoms with Crippen LogP contribution in [-0.4, -0.2) is 36.5 Å². The fraction of sp³-hybridized carbons (Fsp3) is 0.562. The molecule has 1 atom stereocenters. The van der Waals surface area contributed by atoms with Gasteiger partial charge in [-0.1, -0.05) is 26.0 Å². The lowest BCUT2D eigenvalue weighted by Crippen LogP contribution is -2.53. The summed E-state index contributed by atoms with van der Waals surface area (Å²) in [5, 5.41) is 0. The van der Waals surface area contributed by atoms with E-state index in [9.17, 15) is 4.79 Å². The highest BCUT2D eigenvalue weighted by molar-refractivity contribution is 5.73. The summed E-state index contributed by atoms with van der Waals surface area (Å²) < 4.78 is 0. The SMILES string of the molecule is CC(=O)N1CCN(c2cccc(C(C)C)c2)C(C)C1. The number of carbonyl (C=O) groups is 1. The molecule has 0 spiro atoms. The van der Waals surface area contributed by atoms with E-state index in [4.69, 9.17) is 0 Å². The summed E-state index contributed by atoms with van der Waals surface area (Å²) in [4.78, 5) is 15.8. The third-order valence-electron chi connectivity index (χ3n) is 3.94. The van der Waals surface area contributed by atoms with Crippen molar-refractivity contribution in [2.45, 2.75) is 39.7 Å². The average molecular weight is 260 g/mol. The zero-order chi connectivity index (χ0) is 14.0. The number of piperazine rings is 1. The van der Waals surface area contributed by atoms with Gasteiger partial charge in [0.1, 0.15) is 0 Å². The van der Waals surface area contributed by atoms with E-state index in [0.29, 0.717) is 12.0 Å². The first kappa shape index (κ1) is 13.9. The number of amides is 1. The van der Waals surface area contributed by atoms with Gasteiger partial charge in [-0.3, -0.25) is 4.79 Å². The van der Waals surface area contributed by atoms with E-state index < -0.39 is 0 Å². The maximum absolute atomic E-state index is 11.4. The quantitative estimate of drug-likeness (QED) is 0.816. The number of rotatable bonds is 2. The number of hydrogen-bond acceptors (Lipinski definition) is 2. The Labute approximate surface area is 116 Å². The van der Waals surface area contributed by atoms with E-state index in [1.54, 1.807) is 6.92 Å². The minimum Gasteiger partial charge on any atom is -0.365 e. The van der Waals surface area contributed by atoms with Crippen LogP contribution in [0.15, 0.2) is 24.3 Å². The number of nitrogens with zero attached hydrogens (tertiary/aromatic N) is 2. The van der Waals surface area contributed by atoms with E-state index in [0.717, 1.165) is 19.6 Å². The molecule has 3 heteroatoms.